The van der Waals surface area contributed by atoms with E-state index < -0.39 is 11.7 Å². The molecule has 0 atom stereocenters. The lowest BCUT2D eigenvalue weighted by molar-refractivity contribution is 0.0635. The first-order chi connectivity index (χ1) is 7.96. The molecule has 2 aromatic rings. The number of aromatic amines is 1. The van der Waals surface area contributed by atoms with Gasteiger partial charge in [-0.25, -0.2) is 19.7 Å². The van der Waals surface area contributed by atoms with Crippen molar-refractivity contribution in [2.75, 3.05) is 5.32 Å². The van der Waals surface area contributed by atoms with E-state index in [1.165, 1.54) is 6.33 Å². The Morgan fingerprint density at radius 2 is 2.24 bits per heavy atom. The van der Waals surface area contributed by atoms with E-state index in [1.54, 1.807) is 20.8 Å². The lowest BCUT2D eigenvalue weighted by Gasteiger charge is -2.19. The van der Waals surface area contributed by atoms with Gasteiger partial charge in [-0.3, -0.25) is 5.32 Å². The molecule has 0 aliphatic rings. The minimum Gasteiger partial charge on any atom is -0.444 e. The van der Waals surface area contributed by atoms with Gasteiger partial charge < -0.3 is 9.72 Å². The Balaban J connectivity index is 2.18. The van der Waals surface area contributed by atoms with Crippen LogP contribution in [-0.4, -0.2) is 31.6 Å². The number of carbonyl (C=O) groups excluding carboxylic acids is 1. The largest absolute Gasteiger partial charge is 0.444 e. The molecule has 2 rings (SSSR count). The number of imidazole rings is 1. The highest BCUT2D eigenvalue weighted by molar-refractivity contribution is 5.93. The van der Waals surface area contributed by atoms with Gasteiger partial charge in [-0.2, -0.15) is 0 Å². The third-order valence-electron chi connectivity index (χ3n) is 1.79. The summed E-state index contributed by atoms with van der Waals surface area (Å²) in [5.74, 6) is 0.269. The maximum atomic E-state index is 11.5. The monoisotopic (exact) mass is 234 g/mol. The molecule has 0 saturated carbocycles. The van der Waals surface area contributed by atoms with Crippen LogP contribution in [-0.2, 0) is 4.74 Å². The zero-order valence-corrected chi connectivity index (χ0v) is 9.74. The highest BCUT2D eigenvalue weighted by atomic mass is 16.6. The average molecular weight is 234 g/mol. The number of amides is 1. The average Bonchev–Trinajstić information content (AvgIpc) is 2.63. The molecule has 0 saturated heterocycles. The van der Waals surface area contributed by atoms with Crippen LogP contribution in [0, 0.1) is 6.33 Å². The van der Waals surface area contributed by atoms with E-state index in [4.69, 9.17) is 4.74 Å². The molecule has 0 unspecified atom stereocenters. The fraction of sp³-hybridized carbons (Fsp3) is 0.400. The van der Waals surface area contributed by atoms with Crippen LogP contribution in [0.25, 0.3) is 11.2 Å². The number of nitrogens with zero attached hydrogens (tertiary/aromatic N) is 3. The van der Waals surface area contributed by atoms with Crippen molar-refractivity contribution in [1.82, 2.24) is 19.9 Å². The van der Waals surface area contributed by atoms with Crippen molar-refractivity contribution in [2.24, 2.45) is 0 Å². The van der Waals surface area contributed by atoms with E-state index in [-0.39, 0.29) is 5.82 Å². The maximum Gasteiger partial charge on any atom is 0.413 e. The molecule has 0 fully saturated rings. The smallest absolute Gasteiger partial charge is 0.413 e. The molecule has 1 amide bonds. The highest BCUT2D eigenvalue weighted by Crippen LogP contribution is 2.15. The van der Waals surface area contributed by atoms with Gasteiger partial charge in [0, 0.05) is 0 Å². The van der Waals surface area contributed by atoms with Gasteiger partial charge in [0.05, 0.1) is 6.33 Å². The predicted octanol–water partition coefficient (Wildman–Crippen LogP) is 1.50. The molecule has 0 bridgehead atoms. The molecule has 0 spiro atoms. The van der Waals surface area contributed by atoms with Gasteiger partial charge in [0.1, 0.15) is 5.60 Å². The van der Waals surface area contributed by atoms with Gasteiger partial charge in [0.2, 0.25) is 6.33 Å². The van der Waals surface area contributed by atoms with Crippen LogP contribution in [0.3, 0.4) is 0 Å². The third-order valence-corrected chi connectivity index (χ3v) is 1.79. The van der Waals surface area contributed by atoms with Crippen molar-refractivity contribution in [3.05, 3.63) is 12.7 Å². The summed E-state index contributed by atoms with van der Waals surface area (Å²) < 4.78 is 5.10. The number of fused-ring (bicyclic) bond motifs is 1. The second-order valence-electron chi connectivity index (χ2n) is 4.40. The Morgan fingerprint density at radius 1 is 1.47 bits per heavy atom. The van der Waals surface area contributed by atoms with Crippen LogP contribution in [0.1, 0.15) is 20.8 Å². The molecule has 2 heterocycles. The summed E-state index contributed by atoms with van der Waals surface area (Å²) in [7, 11) is 0. The van der Waals surface area contributed by atoms with Crippen molar-refractivity contribution in [2.45, 2.75) is 26.4 Å². The molecule has 0 aromatic carbocycles. The number of hydrogen-bond acceptors (Lipinski definition) is 5. The number of hydrogen-bond donors (Lipinski definition) is 2. The lowest BCUT2D eigenvalue weighted by Crippen LogP contribution is -2.27. The van der Waals surface area contributed by atoms with E-state index >= 15 is 0 Å². The number of anilines is 1. The van der Waals surface area contributed by atoms with E-state index in [1.807, 2.05) is 0 Å². The van der Waals surface area contributed by atoms with Crippen LogP contribution < -0.4 is 5.32 Å². The van der Waals surface area contributed by atoms with Crippen LogP contribution >= 0.6 is 0 Å². The number of H-pyrrole nitrogens is 1. The Hall–Kier alpha value is -2.18. The van der Waals surface area contributed by atoms with E-state index in [0.717, 1.165) is 0 Å². The number of nitrogens with one attached hydrogen (secondary N) is 2. The minimum atomic E-state index is -0.589. The SMILES string of the molecule is CC(C)(C)OC(=O)Nc1n[c]nc2[nH]cnc12. The molecule has 2 N–H and O–H groups in total. The lowest BCUT2D eigenvalue weighted by atomic mass is 10.2. The summed E-state index contributed by atoms with van der Waals surface area (Å²) in [6.07, 6.45) is 3.29. The predicted molar refractivity (Wildman–Crippen MR) is 60.4 cm³/mol. The number of carbonyl (C=O) groups is 1. The normalized spacial score (nSPS) is 11.5. The Bertz CT molecular complexity index is 543. The summed E-state index contributed by atoms with van der Waals surface area (Å²) in [5.41, 5.74) is 0.409. The summed E-state index contributed by atoms with van der Waals surface area (Å²) in [5, 5.41) is 2.50. The van der Waals surface area contributed by atoms with Gasteiger partial charge in [-0.05, 0) is 20.8 Å². The van der Waals surface area contributed by atoms with Crippen LogP contribution in [0.15, 0.2) is 6.33 Å². The molecule has 17 heavy (non-hydrogen) atoms. The zero-order valence-electron chi connectivity index (χ0n) is 9.74. The molecular formula is C10H12N5O2. The van der Waals surface area contributed by atoms with Gasteiger partial charge >= 0.3 is 6.09 Å². The molecular weight excluding hydrogens is 222 g/mol. The summed E-state index contributed by atoms with van der Waals surface area (Å²) >= 11 is 0. The third kappa shape index (κ3) is 2.68. The Kier molecular flexibility index (Phi) is 2.66. The van der Waals surface area contributed by atoms with Crippen LogP contribution in [0.2, 0.25) is 0 Å². The summed E-state index contributed by atoms with van der Waals surface area (Å²) in [6.45, 7) is 5.34. The molecule has 0 aliphatic heterocycles. The van der Waals surface area contributed by atoms with Gasteiger partial charge in [-0.1, -0.05) is 0 Å². The first-order valence-corrected chi connectivity index (χ1v) is 5.03. The van der Waals surface area contributed by atoms with Crippen molar-refractivity contribution < 1.29 is 9.53 Å². The maximum absolute atomic E-state index is 11.5. The van der Waals surface area contributed by atoms with Crippen LogP contribution in [0.4, 0.5) is 10.6 Å². The Labute approximate surface area is 97.6 Å². The van der Waals surface area contributed by atoms with Crippen molar-refractivity contribution in [3.8, 4) is 0 Å². The standard InChI is InChI=1S/C10H12N5O2/c1-10(2,3)17-9(16)15-8-6-7(12-4-11-6)13-5-14-8/h4H,1-3H3,(H2,11,12,13,14,15,16). The minimum absolute atomic E-state index is 0.269. The Morgan fingerprint density at radius 3 is 2.94 bits per heavy atom. The van der Waals surface area contributed by atoms with Crippen molar-refractivity contribution >= 4 is 23.1 Å². The first-order valence-electron chi connectivity index (χ1n) is 5.03. The van der Waals surface area contributed by atoms with Crippen molar-refractivity contribution in [3.63, 3.8) is 0 Å². The van der Waals surface area contributed by atoms with E-state index in [0.29, 0.717) is 11.2 Å². The molecule has 1 radical (unpaired) electrons. The highest BCUT2D eigenvalue weighted by Gasteiger charge is 2.18. The number of ether oxygens (including phenoxy) is 1. The number of rotatable bonds is 1. The van der Waals surface area contributed by atoms with E-state index in [2.05, 4.69) is 31.6 Å². The van der Waals surface area contributed by atoms with E-state index in [9.17, 15) is 4.79 Å². The van der Waals surface area contributed by atoms with Crippen molar-refractivity contribution in [1.29, 1.82) is 0 Å². The first kappa shape index (κ1) is 11.3. The molecule has 2 aromatic heterocycles. The summed E-state index contributed by atoms with van der Waals surface area (Å²) in [6, 6.07) is 0. The molecule has 89 valence electrons. The fourth-order valence-corrected chi connectivity index (χ4v) is 1.21. The zero-order chi connectivity index (χ0) is 12.5. The summed E-state index contributed by atoms with van der Waals surface area (Å²) in [4.78, 5) is 26.0. The quantitative estimate of drug-likeness (QED) is 0.779. The van der Waals surface area contributed by atoms with Gasteiger partial charge in [-0.15, -0.1) is 0 Å². The van der Waals surface area contributed by atoms with Gasteiger partial charge in [0.15, 0.2) is 17.0 Å². The second kappa shape index (κ2) is 4.00. The molecule has 7 nitrogen and oxygen atoms in total. The number of aromatic nitrogens is 4. The fourth-order valence-electron chi connectivity index (χ4n) is 1.21. The second-order valence-corrected chi connectivity index (χ2v) is 4.40. The van der Waals surface area contributed by atoms with Crippen LogP contribution in [0.5, 0.6) is 0 Å². The molecule has 0 aliphatic carbocycles. The van der Waals surface area contributed by atoms with Gasteiger partial charge in [0.25, 0.3) is 0 Å². The topological polar surface area (TPSA) is 92.8 Å². The molecule has 7 heteroatoms.